The van der Waals surface area contributed by atoms with E-state index in [1.165, 1.54) is 12.1 Å². The smallest absolute Gasteiger partial charge is 0.410 e. The van der Waals surface area contributed by atoms with Crippen molar-refractivity contribution in [1.29, 1.82) is 5.41 Å². The Morgan fingerprint density at radius 2 is 1.87 bits per heavy atom. The van der Waals surface area contributed by atoms with Crippen LogP contribution in [0.25, 0.3) is 11.1 Å². The summed E-state index contributed by atoms with van der Waals surface area (Å²) in [5.74, 6) is 1.46. The number of amides is 1. The first kappa shape index (κ1) is 27.7. The monoisotopic (exact) mass is 584 g/mol. The van der Waals surface area contributed by atoms with Gasteiger partial charge in [-0.2, -0.15) is 0 Å². The van der Waals surface area contributed by atoms with Gasteiger partial charge in [-0.1, -0.05) is 18.2 Å². The van der Waals surface area contributed by atoms with E-state index in [0.717, 1.165) is 40.0 Å². The Hall–Kier alpha value is -3.33. The SMILES string of the molecule is CNc1c(C(C)=N)c(-c2ccc(Oc3cccc(F)c3)cc2)c(Br)n1C1CCCN(C(=O)OC(C)(C)C)C1. The van der Waals surface area contributed by atoms with Crippen LogP contribution in [0.1, 0.15) is 52.1 Å². The first-order valence-corrected chi connectivity index (χ1v) is 13.5. The van der Waals surface area contributed by atoms with Gasteiger partial charge >= 0.3 is 6.09 Å². The van der Waals surface area contributed by atoms with Crippen molar-refractivity contribution in [3.8, 4) is 22.6 Å². The highest BCUT2D eigenvalue weighted by Crippen LogP contribution is 2.43. The van der Waals surface area contributed by atoms with Crippen LogP contribution in [0.4, 0.5) is 15.0 Å². The Morgan fingerprint density at radius 3 is 2.47 bits per heavy atom. The van der Waals surface area contributed by atoms with Crippen molar-refractivity contribution in [2.45, 2.75) is 52.2 Å². The number of hydrogen-bond acceptors (Lipinski definition) is 5. The molecule has 202 valence electrons. The average Bonchev–Trinajstić information content (AvgIpc) is 3.16. The Kier molecular flexibility index (Phi) is 8.16. The summed E-state index contributed by atoms with van der Waals surface area (Å²) in [6, 6.07) is 13.5. The van der Waals surface area contributed by atoms with E-state index in [1.54, 1.807) is 24.0 Å². The zero-order valence-electron chi connectivity index (χ0n) is 22.4. The number of benzene rings is 2. The maximum absolute atomic E-state index is 13.5. The lowest BCUT2D eigenvalue weighted by Crippen LogP contribution is -2.43. The second-order valence-electron chi connectivity index (χ2n) is 10.4. The molecule has 1 aliphatic heterocycles. The number of carbonyl (C=O) groups excluding carboxylic acids is 1. The zero-order valence-corrected chi connectivity index (χ0v) is 24.0. The van der Waals surface area contributed by atoms with Crippen LogP contribution in [-0.4, -0.2) is 47.0 Å². The van der Waals surface area contributed by atoms with Crippen LogP contribution in [0, 0.1) is 11.2 Å². The molecule has 0 saturated carbocycles. The van der Waals surface area contributed by atoms with E-state index in [4.69, 9.17) is 14.9 Å². The molecule has 1 unspecified atom stereocenters. The molecule has 1 amide bonds. The van der Waals surface area contributed by atoms with Gasteiger partial charge in [0, 0.05) is 43.0 Å². The van der Waals surface area contributed by atoms with Gasteiger partial charge in [0.25, 0.3) is 0 Å². The summed E-state index contributed by atoms with van der Waals surface area (Å²) in [6.45, 7) is 8.53. The predicted octanol–water partition coefficient (Wildman–Crippen LogP) is 7.85. The van der Waals surface area contributed by atoms with Crippen molar-refractivity contribution in [3.05, 3.63) is 64.5 Å². The van der Waals surface area contributed by atoms with Crippen LogP contribution >= 0.6 is 15.9 Å². The Morgan fingerprint density at radius 1 is 1.16 bits per heavy atom. The van der Waals surface area contributed by atoms with Crippen LogP contribution in [0.2, 0.25) is 0 Å². The number of likely N-dealkylation sites (tertiary alicyclic amines) is 1. The van der Waals surface area contributed by atoms with Crippen LogP contribution in [0.15, 0.2) is 53.1 Å². The molecule has 2 N–H and O–H groups in total. The molecule has 7 nitrogen and oxygen atoms in total. The molecular formula is C29H34BrFN4O3. The van der Waals surface area contributed by atoms with E-state index in [-0.39, 0.29) is 18.0 Å². The number of aromatic nitrogens is 1. The Balaban J connectivity index is 1.68. The lowest BCUT2D eigenvalue weighted by molar-refractivity contribution is 0.0173. The van der Waals surface area contributed by atoms with Gasteiger partial charge in [-0.25, -0.2) is 9.18 Å². The van der Waals surface area contributed by atoms with Crippen molar-refractivity contribution in [2.24, 2.45) is 0 Å². The van der Waals surface area contributed by atoms with E-state index in [2.05, 4.69) is 25.8 Å². The number of anilines is 1. The largest absolute Gasteiger partial charge is 0.457 e. The molecule has 1 fully saturated rings. The van der Waals surface area contributed by atoms with Crippen LogP contribution in [-0.2, 0) is 4.74 Å². The van der Waals surface area contributed by atoms with E-state index in [9.17, 15) is 9.18 Å². The van der Waals surface area contributed by atoms with Crippen molar-refractivity contribution in [3.63, 3.8) is 0 Å². The van der Waals surface area contributed by atoms with Crippen molar-refractivity contribution < 1.29 is 18.7 Å². The highest BCUT2D eigenvalue weighted by atomic mass is 79.9. The molecule has 1 atom stereocenters. The minimum absolute atomic E-state index is 0.00414. The fraction of sp³-hybridized carbons (Fsp3) is 0.379. The first-order valence-electron chi connectivity index (χ1n) is 12.7. The minimum atomic E-state index is -0.559. The molecule has 4 rings (SSSR count). The Labute approximate surface area is 231 Å². The number of halogens is 2. The van der Waals surface area contributed by atoms with Gasteiger partial charge < -0.3 is 29.7 Å². The minimum Gasteiger partial charge on any atom is -0.457 e. The molecule has 38 heavy (non-hydrogen) atoms. The number of nitrogens with one attached hydrogen (secondary N) is 2. The van der Waals surface area contributed by atoms with Gasteiger partial charge in [0.05, 0.1) is 10.6 Å². The van der Waals surface area contributed by atoms with Gasteiger partial charge in [0.15, 0.2) is 0 Å². The summed E-state index contributed by atoms with van der Waals surface area (Å²) >= 11 is 3.84. The third-order valence-electron chi connectivity index (χ3n) is 6.35. The van der Waals surface area contributed by atoms with Crippen LogP contribution in [0.5, 0.6) is 11.5 Å². The molecule has 3 aromatic rings. The molecule has 1 saturated heterocycles. The molecule has 0 radical (unpaired) electrons. The van der Waals surface area contributed by atoms with Gasteiger partial charge in [0.1, 0.15) is 28.7 Å². The summed E-state index contributed by atoms with van der Waals surface area (Å²) in [5, 5.41) is 11.9. The average molecular weight is 586 g/mol. The van der Waals surface area contributed by atoms with Gasteiger partial charge in [0.2, 0.25) is 0 Å². The quantitative estimate of drug-likeness (QED) is 0.289. The number of carbonyl (C=O) groups is 1. The number of hydrogen-bond donors (Lipinski definition) is 2. The first-order chi connectivity index (χ1) is 18.0. The fourth-order valence-electron chi connectivity index (χ4n) is 4.79. The highest BCUT2D eigenvalue weighted by molar-refractivity contribution is 9.10. The fourth-order valence-corrected chi connectivity index (χ4v) is 5.69. The summed E-state index contributed by atoms with van der Waals surface area (Å²) < 4.78 is 28.0. The maximum Gasteiger partial charge on any atom is 0.410 e. The molecule has 0 aliphatic carbocycles. The van der Waals surface area contributed by atoms with Crippen molar-refractivity contribution >= 4 is 33.6 Å². The molecule has 0 bridgehead atoms. The second-order valence-corrected chi connectivity index (χ2v) is 11.2. The molecular weight excluding hydrogens is 551 g/mol. The van der Waals surface area contributed by atoms with E-state index >= 15 is 0 Å². The van der Waals surface area contributed by atoms with Crippen molar-refractivity contribution in [2.75, 3.05) is 25.5 Å². The summed E-state index contributed by atoms with van der Waals surface area (Å²) in [4.78, 5) is 14.6. The molecule has 1 aliphatic rings. The molecule has 2 heterocycles. The third-order valence-corrected chi connectivity index (χ3v) is 7.12. The number of rotatable bonds is 6. The van der Waals surface area contributed by atoms with Gasteiger partial charge in [-0.15, -0.1) is 0 Å². The molecule has 0 spiro atoms. The highest BCUT2D eigenvalue weighted by Gasteiger charge is 2.33. The lowest BCUT2D eigenvalue weighted by Gasteiger charge is -2.35. The topological polar surface area (TPSA) is 79.6 Å². The number of ether oxygens (including phenoxy) is 2. The Bertz CT molecular complexity index is 1330. The van der Waals surface area contributed by atoms with E-state index in [0.29, 0.717) is 30.3 Å². The number of nitrogens with zero attached hydrogens (tertiary/aromatic N) is 2. The third kappa shape index (κ3) is 6.04. The molecule has 1 aromatic heterocycles. The molecule has 2 aromatic carbocycles. The summed E-state index contributed by atoms with van der Waals surface area (Å²) in [6.07, 6.45) is 1.42. The lowest BCUT2D eigenvalue weighted by atomic mass is 10.0. The van der Waals surface area contributed by atoms with E-state index in [1.807, 2.05) is 52.1 Å². The van der Waals surface area contributed by atoms with Gasteiger partial charge in [-0.3, -0.25) is 0 Å². The normalized spacial score (nSPS) is 15.8. The summed E-state index contributed by atoms with van der Waals surface area (Å²) in [5.41, 5.74) is 2.43. The maximum atomic E-state index is 13.5. The standard InChI is InChI=1S/C29H34BrFN4O3/c1-18(32)24-25(19-11-13-22(14-12-19)37-23-10-6-8-20(31)16-23)26(30)35(27(24)33-5)21-9-7-15-34(17-21)28(36)38-29(2,3)4/h6,8,10-14,16,21,32-33H,7,9,15,17H2,1-5H3. The van der Waals surface area contributed by atoms with Crippen LogP contribution in [0.3, 0.4) is 0 Å². The summed E-state index contributed by atoms with van der Waals surface area (Å²) in [7, 11) is 1.85. The zero-order chi connectivity index (χ0) is 27.6. The number of piperidine rings is 1. The predicted molar refractivity (Wildman–Crippen MR) is 152 cm³/mol. The van der Waals surface area contributed by atoms with Crippen molar-refractivity contribution in [1.82, 2.24) is 9.47 Å². The van der Waals surface area contributed by atoms with Gasteiger partial charge in [-0.05, 0) is 86.3 Å². The molecule has 9 heteroatoms. The second kappa shape index (κ2) is 11.2. The van der Waals surface area contributed by atoms with E-state index < -0.39 is 5.60 Å². The van der Waals surface area contributed by atoms with Crippen LogP contribution < -0.4 is 10.1 Å².